The molecule has 0 amide bonds. The van der Waals surface area contributed by atoms with Crippen LogP contribution in [-0.4, -0.2) is 6.54 Å². The lowest BCUT2D eigenvalue weighted by atomic mass is 9.87. The van der Waals surface area contributed by atoms with Crippen LogP contribution in [-0.2, 0) is 0 Å². The van der Waals surface area contributed by atoms with Gasteiger partial charge in [-0.2, -0.15) is 0 Å². The zero-order valence-corrected chi connectivity index (χ0v) is 11.9. The van der Waals surface area contributed by atoms with E-state index in [0.717, 1.165) is 30.8 Å². The predicted octanol–water partition coefficient (Wildman–Crippen LogP) is 4.52. The summed E-state index contributed by atoms with van der Waals surface area (Å²) in [5, 5.41) is 0. The van der Waals surface area contributed by atoms with Crippen LogP contribution in [0.15, 0.2) is 66.3 Å². The van der Waals surface area contributed by atoms with Crippen molar-refractivity contribution < 1.29 is 0 Å². The highest BCUT2D eigenvalue weighted by Crippen LogP contribution is 2.44. The number of anilines is 3. The lowest BCUT2D eigenvalue weighted by Crippen LogP contribution is -2.27. The Kier molecular flexibility index (Phi) is 2.81. The van der Waals surface area contributed by atoms with Gasteiger partial charge in [-0.25, -0.2) is 0 Å². The minimum atomic E-state index is 0.849. The van der Waals surface area contributed by atoms with E-state index >= 15 is 0 Å². The molecule has 0 aromatic heterocycles. The van der Waals surface area contributed by atoms with Gasteiger partial charge in [0.25, 0.3) is 0 Å². The van der Waals surface area contributed by atoms with Crippen molar-refractivity contribution in [3.05, 3.63) is 71.8 Å². The van der Waals surface area contributed by atoms with Gasteiger partial charge in [-0.3, -0.25) is 0 Å². The number of nitrogen functional groups attached to an aromatic ring is 1. The van der Waals surface area contributed by atoms with Gasteiger partial charge >= 0.3 is 0 Å². The summed E-state index contributed by atoms with van der Waals surface area (Å²) < 4.78 is 0. The molecule has 0 bridgehead atoms. The third kappa shape index (κ3) is 1.95. The number of fused-ring (bicyclic) bond motifs is 2. The number of nitrogens with zero attached hydrogens (tertiary/aromatic N) is 1. The second-order valence-electron chi connectivity index (χ2n) is 5.62. The summed E-state index contributed by atoms with van der Waals surface area (Å²) in [5.41, 5.74) is 13.6. The van der Waals surface area contributed by atoms with Crippen LogP contribution in [0, 0.1) is 0 Å². The van der Waals surface area contributed by atoms with Crippen LogP contribution < -0.4 is 10.6 Å². The Bertz CT molecular complexity index is 741. The molecule has 104 valence electrons. The average Bonchev–Trinajstić information content (AvgIpc) is 2.55. The molecule has 2 aromatic carbocycles. The Morgan fingerprint density at radius 1 is 0.952 bits per heavy atom. The molecule has 2 heteroatoms. The van der Waals surface area contributed by atoms with Crippen LogP contribution in [0.2, 0.25) is 0 Å². The fraction of sp³-hybridized carbons (Fsp3) is 0.158. The highest BCUT2D eigenvalue weighted by Gasteiger charge is 2.26. The molecule has 0 saturated carbocycles. The van der Waals surface area contributed by atoms with Crippen LogP contribution in [0.4, 0.5) is 17.1 Å². The van der Waals surface area contributed by atoms with E-state index in [-0.39, 0.29) is 0 Å². The van der Waals surface area contributed by atoms with Crippen LogP contribution in [0.1, 0.15) is 18.4 Å². The van der Waals surface area contributed by atoms with E-state index in [1.165, 1.54) is 22.4 Å². The van der Waals surface area contributed by atoms with E-state index in [1.54, 1.807) is 0 Å². The van der Waals surface area contributed by atoms with Gasteiger partial charge in [-0.15, -0.1) is 0 Å². The van der Waals surface area contributed by atoms with Gasteiger partial charge in [0.2, 0.25) is 0 Å². The maximum atomic E-state index is 6.30. The largest absolute Gasteiger partial charge is 0.397 e. The zero-order chi connectivity index (χ0) is 14.2. The molecule has 1 aliphatic heterocycles. The Morgan fingerprint density at radius 2 is 1.81 bits per heavy atom. The van der Waals surface area contributed by atoms with Crippen molar-refractivity contribution in [3.8, 4) is 0 Å². The Labute approximate surface area is 125 Å². The molecule has 21 heavy (non-hydrogen) atoms. The lowest BCUT2D eigenvalue weighted by Gasteiger charge is -2.36. The van der Waals surface area contributed by atoms with Gasteiger partial charge in [0.1, 0.15) is 0 Å². The van der Waals surface area contributed by atoms with Crippen molar-refractivity contribution in [2.24, 2.45) is 0 Å². The van der Waals surface area contributed by atoms with E-state index in [1.807, 2.05) is 6.07 Å². The Balaban J connectivity index is 1.93. The van der Waals surface area contributed by atoms with Gasteiger partial charge in [-0.1, -0.05) is 42.5 Å². The van der Waals surface area contributed by atoms with Gasteiger partial charge in [0.05, 0.1) is 11.4 Å². The van der Waals surface area contributed by atoms with Gasteiger partial charge < -0.3 is 10.6 Å². The molecular formula is C19H18N2. The first kappa shape index (κ1) is 12.3. The fourth-order valence-corrected chi connectivity index (χ4v) is 3.33. The number of allylic oxidation sites excluding steroid dienone is 3. The molecule has 2 nitrogen and oxygen atoms in total. The molecule has 2 aliphatic rings. The first-order valence-electron chi connectivity index (χ1n) is 7.44. The molecule has 1 heterocycles. The molecule has 0 radical (unpaired) electrons. The molecule has 0 fully saturated rings. The molecule has 2 aromatic rings. The normalized spacial score (nSPS) is 16.7. The summed E-state index contributed by atoms with van der Waals surface area (Å²) in [6.45, 7) is 0.935. The topological polar surface area (TPSA) is 29.3 Å². The summed E-state index contributed by atoms with van der Waals surface area (Å²) in [4.78, 5) is 2.35. The van der Waals surface area contributed by atoms with E-state index in [2.05, 4.69) is 59.5 Å². The van der Waals surface area contributed by atoms with Gasteiger partial charge in [0.15, 0.2) is 0 Å². The molecule has 1 aliphatic carbocycles. The third-order valence-corrected chi connectivity index (χ3v) is 4.32. The van der Waals surface area contributed by atoms with Crippen LogP contribution in [0.5, 0.6) is 0 Å². The summed E-state index contributed by atoms with van der Waals surface area (Å²) >= 11 is 0. The highest BCUT2D eigenvalue weighted by atomic mass is 15.2. The van der Waals surface area contributed by atoms with Crippen molar-refractivity contribution in [2.75, 3.05) is 17.2 Å². The first-order valence-corrected chi connectivity index (χ1v) is 7.44. The second-order valence-corrected chi connectivity index (χ2v) is 5.62. The molecule has 0 spiro atoms. The van der Waals surface area contributed by atoms with Crippen molar-refractivity contribution in [1.82, 2.24) is 0 Å². The minimum Gasteiger partial charge on any atom is -0.397 e. The maximum Gasteiger partial charge on any atom is 0.0727 e. The monoisotopic (exact) mass is 274 g/mol. The number of rotatable bonds is 1. The van der Waals surface area contributed by atoms with E-state index in [4.69, 9.17) is 5.73 Å². The number of hydrogen-bond acceptors (Lipinski definition) is 2. The van der Waals surface area contributed by atoms with Crippen molar-refractivity contribution in [1.29, 1.82) is 0 Å². The molecule has 0 unspecified atom stereocenters. The number of benzene rings is 2. The average molecular weight is 274 g/mol. The zero-order valence-electron chi connectivity index (χ0n) is 11.9. The summed E-state index contributed by atoms with van der Waals surface area (Å²) in [6.07, 6.45) is 6.81. The van der Waals surface area contributed by atoms with Crippen LogP contribution in [0.25, 0.3) is 5.57 Å². The van der Waals surface area contributed by atoms with Crippen LogP contribution >= 0.6 is 0 Å². The Hall–Kier alpha value is -2.48. The summed E-state index contributed by atoms with van der Waals surface area (Å²) in [7, 11) is 0. The number of para-hydroxylation sites is 2. The molecule has 0 atom stereocenters. The smallest absolute Gasteiger partial charge is 0.0727 e. The molecule has 4 rings (SSSR count). The van der Waals surface area contributed by atoms with Crippen molar-refractivity contribution in [2.45, 2.75) is 12.8 Å². The SMILES string of the molecule is Nc1cccc2c1N(c1ccccc1)CC1=C2C=CCC1. The van der Waals surface area contributed by atoms with Crippen molar-refractivity contribution >= 4 is 22.6 Å². The quantitative estimate of drug-likeness (QED) is 0.774. The molecule has 0 saturated heterocycles. The maximum absolute atomic E-state index is 6.30. The van der Waals surface area contributed by atoms with Gasteiger partial charge in [-0.05, 0) is 42.2 Å². The summed E-state index contributed by atoms with van der Waals surface area (Å²) in [6, 6.07) is 16.8. The van der Waals surface area contributed by atoms with E-state index in [0.29, 0.717) is 0 Å². The fourth-order valence-electron chi connectivity index (χ4n) is 3.33. The van der Waals surface area contributed by atoms with Gasteiger partial charge in [0, 0.05) is 17.8 Å². The second kappa shape index (κ2) is 4.81. The van der Waals surface area contributed by atoms with Crippen LogP contribution in [0.3, 0.4) is 0 Å². The Morgan fingerprint density at radius 3 is 2.67 bits per heavy atom. The van der Waals surface area contributed by atoms with E-state index in [9.17, 15) is 0 Å². The first-order chi connectivity index (χ1) is 10.3. The third-order valence-electron chi connectivity index (χ3n) is 4.32. The predicted molar refractivity (Wildman–Crippen MR) is 89.6 cm³/mol. The highest BCUT2D eigenvalue weighted by molar-refractivity contribution is 5.95. The number of nitrogens with two attached hydrogens (primary N) is 1. The molecular weight excluding hydrogens is 256 g/mol. The van der Waals surface area contributed by atoms with Crippen molar-refractivity contribution in [3.63, 3.8) is 0 Å². The lowest BCUT2D eigenvalue weighted by molar-refractivity contribution is 0.887. The number of hydrogen-bond donors (Lipinski definition) is 1. The molecule has 2 N–H and O–H groups in total. The summed E-state index contributed by atoms with van der Waals surface area (Å²) in [5.74, 6) is 0. The standard InChI is InChI=1S/C19H18N2/c20-18-12-6-11-17-16-10-5-4-7-14(16)13-21(19(17)18)15-8-2-1-3-9-15/h1-3,5-6,8-12H,4,7,13,20H2. The minimum absolute atomic E-state index is 0.849. The van der Waals surface area contributed by atoms with E-state index < -0.39 is 0 Å².